The molecule has 7 heteroatoms. The Morgan fingerprint density at radius 3 is 2.72 bits per heavy atom. The second-order valence-electron chi connectivity index (χ2n) is 7.35. The highest BCUT2D eigenvalue weighted by atomic mass is 32.1. The van der Waals surface area contributed by atoms with Gasteiger partial charge in [0.25, 0.3) is 5.91 Å². The van der Waals surface area contributed by atoms with E-state index in [0.717, 1.165) is 28.2 Å². The average molecular weight is 445 g/mol. The molecule has 0 spiro atoms. The van der Waals surface area contributed by atoms with Crippen LogP contribution in [-0.4, -0.2) is 27.5 Å². The highest BCUT2D eigenvalue weighted by Gasteiger charge is 2.12. The number of aliphatic hydroxyl groups is 1. The first-order valence-electron chi connectivity index (χ1n) is 10.4. The van der Waals surface area contributed by atoms with Crippen LogP contribution >= 0.6 is 11.3 Å². The number of aliphatic hydroxyl groups excluding tert-OH is 1. The number of anilines is 2. The maximum atomic E-state index is 12.5. The fourth-order valence-electron chi connectivity index (χ4n) is 3.21. The fraction of sp³-hybridized carbons (Fsp3) is 0.160. The zero-order chi connectivity index (χ0) is 22.3. The lowest BCUT2D eigenvalue weighted by molar-refractivity contribution is 0.0958. The molecule has 0 aliphatic carbocycles. The first-order chi connectivity index (χ1) is 15.6. The van der Waals surface area contributed by atoms with Crippen molar-refractivity contribution in [3.05, 3.63) is 95.0 Å². The second kappa shape index (κ2) is 10.2. The SMILES string of the molecule is CC(O)c1cccc(Nc2nccc(-c3ccc(C(=O)NCCc4ccccc4)s3)n2)c1. The van der Waals surface area contributed by atoms with Crippen molar-refractivity contribution in [2.24, 2.45) is 0 Å². The van der Waals surface area contributed by atoms with Crippen LogP contribution in [-0.2, 0) is 6.42 Å². The van der Waals surface area contributed by atoms with E-state index >= 15 is 0 Å². The Morgan fingerprint density at radius 2 is 1.91 bits per heavy atom. The van der Waals surface area contributed by atoms with Crippen molar-refractivity contribution in [1.82, 2.24) is 15.3 Å². The maximum absolute atomic E-state index is 12.5. The van der Waals surface area contributed by atoms with Gasteiger partial charge in [-0.1, -0.05) is 42.5 Å². The summed E-state index contributed by atoms with van der Waals surface area (Å²) in [4.78, 5) is 22.9. The highest BCUT2D eigenvalue weighted by Crippen LogP contribution is 2.28. The van der Waals surface area contributed by atoms with E-state index in [1.54, 1.807) is 13.1 Å². The summed E-state index contributed by atoms with van der Waals surface area (Å²) in [6.07, 6.45) is 1.93. The number of rotatable bonds is 8. The number of carbonyl (C=O) groups excluding carboxylic acids is 1. The first-order valence-corrected chi connectivity index (χ1v) is 11.2. The van der Waals surface area contributed by atoms with Gasteiger partial charge in [0.15, 0.2) is 0 Å². The third-order valence-corrected chi connectivity index (χ3v) is 6.01. The summed E-state index contributed by atoms with van der Waals surface area (Å²) in [6, 6.07) is 23.1. The normalized spacial score (nSPS) is 11.7. The fourth-order valence-corrected chi connectivity index (χ4v) is 4.10. The van der Waals surface area contributed by atoms with Gasteiger partial charge < -0.3 is 15.7 Å². The van der Waals surface area contributed by atoms with Gasteiger partial charge in [-0.15, -0.1) is 11.3 Å². The average Bonchev–Trinajstić information content (AvgIpc) is 3.31. The number of benzene rings is 2. The summed E-state index contributed by atoms with van der Waals surface area (Å²) in [7, 11) is 0. The second-order valence-corrected chi connectivity index (χ2v) is 8.43. The van der Waals surface area contributed by atoms with Crippen LogP contribution in [0.2, 0.25) is 0 Å². The highest BCUT2D eigenvalue weighted by molar-refractivity contribution is 7.17. The molecule has 0 fully saturated rings. The summed E-state index contributed by atoms with van der Waals surface area (Å²) in [5.41, 5.74) is 3.54. The molecule has 162 valence electrons. The van der Waals surface area contributed by atoms with E-state index in [0.29, 0.717) is 17.4 Å². The number of hydrogen-bond acceptors (Lipinski definition) is 6. The van der Waals surface area contributed by atoms with E-state index in [9.17, 15) is 9.90 Å². The van der Waals surface area contributed by atoms with Crippen LogP contribution in [0.15, 0.2) is 79.0 Å². The van der Waals surface area contributed by atoms with Gasteiger partial charge in [-0.25, -0.2) is 9.97 Å². The Balaban J connectivity index is 1.40. The Kier molecular flexibility index (Phi) is 6.89. The Hall–Kier alpha value is -3.55. The third kappa shape index (κ3) is 5.57. The zero-order valence-electron chi connectivity index (χ0n) is 17.7. The summed E-state index contributed by atoms with van der Waals surface area (Å²) in [5.74, 6) is 0.368. The Bertz CT molecular complexity index is 1190. The molecule has 2 aromatic heterocycles. The molecule has 1 atom stereocenters. The van der Waals surface area contributed by atoms with Gasteiger partial charge in [0, 0.05) is 18.4 Å². The van der Waals surface area contributed by atoms with Gasteiger partial charge in [0.1, 0.15) is 0 Å². The lowest BCUT2D eigenvalue weighted by atomic mass is 10.1. The lowest BCUT2D eigenvalue weighted by Gasteiger charge is -2.09. The van der Waals surface area contributed by atoms with E-state index in [-0.39, 0.29) is 5.91 Å². The summed E-state index contributed by atoms with van der Waals surface area (Å²) in [5, 5.41) is 15.9. The van der Waals surface area contributed by atoms with Crippen LogP contribution in [0.5, 0.6) is 0 Å². The minimum absolute atomic E-state index is 0.0838. The van der Waals surface area contributed by atoms with Crippen LogP contribution in [0.3, 0.4) is 0 Å². The minimum atomic E-state index is -0.549. The molecular weight excluding hydrogens is 420 g/mol. The molecule has 3 N–H and O–H groups in total. The van der Waals surface area contributed by atoms with Gasteiger partial charge >= 0.3 is 0 Å². The number of amides is 1. The van der Waals surface area contributed by atoms with Crippen LogP contribution < -0.4 is 10.6 Å². The molecule has 2 aromatic carbocycles. The van der Waals surface area contributed by atoms with Crippen molar-refractivity contribution >= 4 is 28.9 Å². The van der Waals surface area contributed by atoms with E-state index in [1.165, 1.54) is 16.9 Å². The summed E-state index contributed by atoms with van der Waals surface area (Å²) < 4.78 is 0. The quantitative estimate of drug-likeness (QED) is 0.357. The predicted octanol–water partition coefficient (Wildman–Crippen LogP) is 4.97. The standard InChI is InChI=1S/C25H24N4O2S/c1-17(30)19-8-5-9-20(16-19)28-25-27-15-13-21(29-25)22-10-11-23(32-22)24(31)26-14-12-18-6-3-2-4-7-18/h2-11,13,15-17,30H,12,14H2,1H3,(H,26,31)(H,27,28,29). The first kappa shape index (κ1) is 21.7. The molecular formula is C25H24N4O2S. The van der Waals surface area contributed by atoms with Gasteiger partial charge in [-0.2, -0.15) is 0 Å². The van der Waals surface area contributed by atoms with Gasteiger partial charge in [-0.3, -0.25) is 4.79 Å². The number of thiophene rings is 1. The number of hydrogen-bond donors (Lipinski definition) is 3. The molecule has 0 saturated carbocycles. The van der Waals surface area contributed by atoms with E-state index < -0.39 is 6.10 Å². The molecule has 6 nitrogen and oxygen atoms in total. The molecule has 0 saturated heterocycles. The number of nitrogens with one attached hydrogen (secondary N) is 2. The third-order valence-electron chi connectivity index (χ3n) is 4.91. The van der Waals surface area contributed by atoms with E-state index in [2.05, 4.69) is 32.7 Å². The van der Waals surface area contributed by atoms with Crippen molar-refractivity contribution in [2.45, 2.75) is 19.4 Å². The largest absolute Gasteiger partial charge is 0.389 e. The molecule has 0 aliphatic heterocycles. The molecule has 4 rings (SSSR count). The van der Waals surface area contributed by atoms with Crippen molar-refractivity contribution in [1.29, 1.82) is 0 Å². The molecule has 4 aromatic rings. The van der Waals surface area contributed by atoms with Gasteiger partial charge in [0.2, 0.25) is 5.95 Å². The maximum Gasteiger partial charge on any atom is 0.261 e. The molecule has 2 heterocycles. The van der Waals surface area contributed by atoms with Crippen molar-refractivity contribution in [2.75, 3.05) is 11.9 Å². The zero-order valence-corrected chi connectivity index (χ0v) is 18.5. The summed E-state index contributed by atoms with van der Waals surface area (Å²) >= 11 is 1.40. The molecule has 32 heavy (non-hydrogen) atoms. The molecule has 0 radical (unpaired) electrons. The number of nitrogens with zero attached hydrogens (tertiary/aromatic N) is 2. The van der Waals surface area contributed by atoms with E-state index in [4.69, 9.17) is 0 Å². The van der Waals surface area contributed by atoms with Crippen molar-refractivity contribution in [3.63, 3.8) is 0 Å². The van der Waals surface area contributed by atoms with Gasteiger partial charge in [0.05, 0.1) is 21.6 Å². The van der Waals surface area contributed by atoms with Crippen LogP contribution in [0.4, 0.5) is 11.6 Å². The summed E-state index contributed by atoms with van der Waals surface area (Å²) in [6.45, 7) is 2.31. The molecule has 1 amide bonds. The van der Waals surface area contributed by atoms with Crippen molar-refractivity contribution < 1.29 is 9.90 Å². The van der Waals surface area contributed by atoms with Crippen LogP contribution in [0.1, 0.15) is 33.8 Å². The Labute approximate surface area is 191 Å². The topological polar surface area (TPSA) is 87.1 Å². The molecule has 0 aliphatic rings. The van der Waals surface area contributed by atoms with Crippen LogP contribution in [0, 0.1) is 0 Å². The molecule has 1 unspecified atom stereocenters. The van der Waals surface area contributed by atoms with Gasteiger partial charge in [-0.05, 0) is 54.8 Å². The van der Waals surface area contributed by atoms with E-state index in [1.807, 2.05) is 60.7 Å². The van der Waals surface area contributed by atoms with Crippen molar-refractivity contribution in [3.8, 4) is 10.6 Å². The van der Waals surface area contributed by atoms with Crippen LogP contribution in [0.25, 0.3) is 10.6 Å². The predicted molar refractivity (Wildman–Crippen MR) is 128 cm³/mol. The smallest absolute Gasteiger partial charge is 0.261 e. The number of aromatic nitrogens is 2. The number of carbonyl (C=O) groups is 1. The minimum Gasteiger partial charge on any atom is -0.389 e. The monoisotopic (exact) mass is 444 g/mol. The molecule has 0 bridgehead atoms. The Morgan fingerprint density at radius 1 is 1.06 bits per heavy atom. The lowest BCUT2D eigenvalue weighted by Crippen LogP contribution is -2.24.